The molecule has 2 atom stereocenters. The summed E-state index contributed by atoms with van der Waals surface area (Å²) in [6.07, 6.45) is 2.30. The smallest absolute Gasteiger partial charge is 0.410 e. The van der Waals surface area contributed by atoms with E-state index < -0.39 is 46.2 Å². The van der Waals surface area contributed by atoms with Crippen molar-refractivity contribution in [1.29, 1.82) is 0 Å². The summed E-state index contributed by atoms with van der Waals surface area (Å²) in [6.45, 7) is 18.8. The fraction of sp³-hybridized carbons (Fsp3) is 0.476. The number of nitrogens with one attached hydrogen (secondary N) is 4. The largest absolute Gasteiger partial charge is 0.453 e. The molecule has 0 aliphatic carbocycles. The maximum atomic E-state index is 13.4. The Morgan fingerprint density at radius 3 is 1.11 bits per heavy atom. The van der Waals surface area contributed by atoms with Gasteiger partial charge >= 0.3 is 12.2 Å². The Labute approximate surface area is 330 Å². The van der Waals surface area contributed by atoms with Gasteiger partial charge in [-0.2, -0.15) is 0 Å². The average molecular weight is 771 g/mol. The number of likely N-dealkylation sites (N-methyl/N-ethyl adjacent to an activating group) is 2. The van der Waals surface area contributed by atoms with Crippen LogP contribution in [0.1, 0.15) is 93.0 Å². The molecule has 0 spiro atoms. The molecule has 0 saturated carbocycles. The molecule has 0 radical (unpaired) electrons. The van der Waals surface area contributed by atoms with Gasteiger partial charge in [0.15, 0.2) is 0 Å². The minimum absolute atomic E-state index is 0.337. The van der Waals surface area contributed by atoms with E-state index >= 15 is 0 Å². The van der Waals surface area contributed by atoms with Crippen molar-refractivity contribution in [3.8, 4) is 33.6 Å². The summed E-state index contributed by atoms with van der Waals surface area (Å²) in [5, 5.41) is 6.20. The lowest BCUT2D eigenvalue weighted by atomic mass is 9.85. The maximum Gasteiger partial charge on any atom is 0.410 e. The van der Waals surface area contributed by atoms with Crippen molar-refractivity contribution in [3.05, 3.63) is 72.6 Å². The number of ether oxygens (including phenoxy) is 2. The van der Waals surface area contributed by atoms with E-state index in [4.69, 9.17) is 9.47 Å². The molecule has 4 rings (SSSR count). The normalized spacial score (nSPS) is 13.3. The lowest BCUT2D eigenvalue weighted by molar-refractivity contribution is -0.132. The van der Waals surface area contributed by atoms with Gasteiger partial charge in [-0.3, -0.25) is 19.4 Å². The summed E-state index contributed by atoms with van der Waals surface area (Å²) in [6, 6.07) is 15.3. The Bertz CT molecular complexity index is 1870. The molecule has 56 heavy (non-hydrogen) atoms. The van der Waals surface area contributed by atoms with E-state index in [0.717, 1.165) is 33.6 Å². The van der Waals surface area contributed by atoms with Gasteiger partial charge in [0.25, 0.3) is 0 Å². The van der Waals surface area contributed by atoms with Gasteiger partial charge in [-0.1, -0.05) is 90.1 Å². The van der Waals surface area contributed by atoms with E-state index in [1.807, 2.05) is 90.1 Å². The van der Waals surface area contributed by atoms with Crippen molar-refractivity contribution >= 4 is 24.0 Å². The van der Waals surface area contributed by atoms with Crippen molar-refractivity contribution < 1.29 is 28.7 Å². The second-order valence-electron chi connectivity index (χ2n) is 17.2. The molecule has 0 fully saturated rings. The molecule has 0 saturated heterocycles. The summed E-state index contributed by atoms with van der Waals surface area (Å²) < 4.78 is 9.66. The third-order valence-electron chi connectivity index (χ3n) is 10.4. The molecule has 0 aliphatic rings. The molecule has 4 aromatic rings. The highest BCUT2D eigenvalue weighted by atomic mass is 16.5. The van der Waals surface area contributed by atoms with E-state index in [1.54, 1.807) is 40.1 Å². The van der Waals surface area contributed by atoms with E-state index in [-0.39, 0.29) is 11.8 Å². The molecule has 14 nitrogen and oxygen atoms in total. The van der Waals surface area contributed by atoms with Crippen LogP contribution in [0.2, 0.25) is 0 Å². The molecule has 4 N–H and O–H groups in total. The van der Waals surface area contributed by atoms with Crippen LogP contribution < -0.4 is 10.6 Å². The number of carbonyl (C=O) groups excluding carboxylic acids is 4. The maximum absolute atomic E-state index is 13.4. The zero-order valence-electron chi connectivity index (χ0n) is 35.2. The highest BCUT2D eigenvalue weighted by Crippen LogP contribution is 2.35. The van der Waals surface area contributed by atoms with Gasteiger partial charge in [-0.15, -0.1) is 0 Å². The van der Waals surface area contributed by atoms with E-state index in [1.165, 1.54) is 38.1 Å². The number of rotatable bonds is 11. The van der Waals surface area contributed by atoms with Crippen LogP contribution in [0.15, 0.2) is 60.9 Å². The summed E-state index contributed by atoms with van der Waals surface area (Å²) in [5.74, 6) is 0.529. The van der Waals surface area contributed by atoms with Crippen LogP contribution in [0.5, 0.6) is 0 Å². The molecule has 0 aliphatic heterocycles. The number of H-pyrrole nitrogens is 2. The van der Waals surface area contributed by atoms with Gasteiger partial charge in [0, 0.05) is 14.1 Å². The van der Waals surface area contributed by atoms with Crippen LogP contribution in [-0.4, -0.2) is 93.1 Å². The van der Waals surface area contributed by atoms with Gasteiger partial charge in [0.1, 0.15) is 22.7 Å². The fourth-order valence-corrected chi connectivity index (χ4v) is 5.98. The first-order valence-corrected chi connectivity index (χ1v) is 18.5. The molecule has 0 bridgehead atoms. The van der Waals surface area contributed by atoms with Crippen molar-refractivity contribution in [2.75, 3.05) is 28.3 Å². The fourth-order valence-electron chi connectivity index (χ4n) is 5.98. The van der Waals surface area contributed by atoms with Gasteiger partial charge < -0.3 is 30.1 Å². The van der Waals surface area contributed by atoms with Gasteiger partial charge in [-0.25, -0.2) is 19.6 Å². The number of benzene rings is 2. The Morgan fingerprint density at radius 1 is 0.554 bits per heavy atom. The molecule has 2 aromatic carbocycles. The lowest BCUT2D eigenvalue weighted by Crippen LogP contribution is -2.57. The van der Waals surface area contributed by atoms with Crippen molar-refractivity contribution in [2.45, 2.75) is 92.4 Å². The van der Waals surface area contributed by atoms with Crippen LogP contribution in [0.4, 0.5) is 9.59 Å². The topological polar surface area (TPSA) is 175 Å². The van der Waals surface area contributed by atoms with Gasteiger partial charge in [-0.05, 0) is 60.8 Å². The van der Waals surface area contributed by atoms with Gasteiger partial charge in [0.05, 0.1) is 50.1 Å². The predicted octanol–water partition coefficient (Wildman–Crippen LogP) is 7.49. The van der Waals surface area contributed by atoms with Crippen LogP contribution in [-0.2, 0) is 19.1 Å². The van der Waals surface area contributed by atoms with Crippen molar-refractivity contribution in [3.63, 3.8) is 0 Å². The summed E-state index contributed by atoms with van der Waals surface area (Å²) in [4.78, 5) is 69.9. The Balaban J connectivity index is 1.49. The number of carbonyl (C=O) groups is 4. The Hall–Kier alpha value is -5.66. The summed E-state index contributed by atoms with van der Waals surface area (Å²) in [5.41, 5.74) is 2.38. The van der Waals surface area contributed by atoms with Crippen LogP contribution in [0.3, 0.4) is 0 Å². The molecule has 4 amide bonds. The zero-order chi connectivity index (χ0) is 42.0. The first-order valence-electron chi connectivity index (χ1n) is 18.5. The number of amides is 4. The predicted molar refractivity (Wildman–Crippen MR) is 216 cm³/mol. The Kier molecular flexibility index (Phi) is 12.5. The second-order valence-corrected chi connectivity index (χ2v) is 17.2. The Morgan fingerprint density at radius 2 is 0.839 bits per heavy atom. The van der Waals surface area contributed by atoms with E-state index in [2.05, 4.69) is 30.6 Å². The quantitative estimate of drug-likeness (QED) is 0.121. The van der Waals surface area contributed by atoms with Crippen LogP contribution >= 0.6 is 0 Å². The van der Waals surface area contributed by atoms with E-state index in [9.17, 15) is 19.2 Å². The molecule has 14 heteroatoms. The molecular weight excluding hydrogens is 713 g/mol. The summed E-state index contributed by atoms with van der Waals surface area (Å²) in [7, 11) is 5.62. The highest BCUT2D eigenvalue weighted by molar-refractivity contribution is 5.90. The second kappa shape index (κ2) is 16.2. The minimum atomic E-state index is -1.17. The molecule has 2 aromatic heterocycles. The minimum Gasteiger partial charge on any atom is -0.453 e. The van der Waals surface area contributed by atoms with Crippen molar-refractivity contribution in [2.24, 2.45) is 10.8 Å². The van der Waals surface area contributed by atoms with Crippen LogP contribution in [0.25, 0.3) is 33.6 Å². The number of hydrogen-bond donors (Lipinski definition) is 4. The van der Waals surface area contributed by atoms with Gasteiger partial charge in [0.2, 0.25) is 11.8 Å². The number of imidazole rings is 2. The molecule has 0 unspecified atom stereocenters. The number of aromatic amines is 2. The third-order valence-corrected chi connectivity index (χ3v) is 10.4. The average Bonchev–Trinajstić information content (AvgIpc) is 3.84. The SMILES string of the molecule is COC(=O)N(C)C(C)(C)C(=O)N[C@H](c1ncc(-c2ccc(-c3ccc(-c4cnc([C@@H](NC(=O)C(C)(C)N(C)C(=O)OC)C(C)(C)C)[nH]4)cc3)cc2)[nH]1)C(C)(C)C. The number of hydrogen-bond acceptors (Lipinski definition) is 8. The van der Waals surface area contributed by atoms with E-state index in [0.29, 0.717) is 11.6 Å². The van der Waals surface area contributed by atoms with Crippen LogP contribution in [0, 0.1) is 10.8 Å². The number of nitrogens with zero attached hydrogens (tertiary/aromatic N) is 4. The lowest BCUT2D eigenvalue weighted by Gasteiger charge is -2.37. The molecule has 2 heterocycles. The van der Waals surface area contributed by atoms with Crippen molar-refractivity contribution in [1.82, 2.24) is 40.4 Å². The number of methoxy groups -OCH3 is 2. The highest BCUT2D eigenvalue weighted by Gasteiger charge is 2.41. The monoisotopic (exact) mass is 770 g/mol. The first-order chi connectivity index (χ1) is 25.9. The zero-order valence-corrected chi connectivity index (χ0v) is 35.2. The standard InChI is InChI=1S/C42H58N8O6/c1-39(2,3)31(47-35(51)41(7,8)49(11)37(53)55-13)33-43-23-29(45-33)27-19-15-25(16-20-27)26-17-21-28(22-18-26)30-24-44-34(46-30)32(40(4,5)6)48-36(52)42(9,10)50(12)38(54)56-14/h15-24,31-32H,1-14H3,(H,43,45)(H,44,46)(H,47,51)(H,48,52)/t31-,32-/m1/s1. The number of aromatic nitrogens is 4. The molecular formula is C42H58N8O6. The molecule has 302 valence electrons. The first kappa shape index (κ1) is 43.1. The third kappa shape index (κ3) is 9.23. The summed E-state index contributed by atoms with van der Waals surface area (Å²) >= 11 is 0.